The van der Waals surface area contributed by atoms with Gasteiger partial charge in [0.1, 0.15) is 0 Å². The van der Waals surface area contributed by atoms with Gasteiger partial charge in [0, 0.05) is 44.8 Å². The molecule has 3 heterocycles. The van der Waals surface area contributed by atoms with E-state index < -0.39 is 10.0 Å². The molecule has 0 N–H and O–H groups in total. The molecule has 1 fully saturated rings. The number of sulfonamides is 1. The zero-order valence-corrected chi connectivity index (χ0v) is 15.2. The predicted molar refractivity (Wildman–Crippen MR) is 89.3 cm³/mol. The number of imidazole rings is 1. The van der Waals surface area contributed by atoms with Crippen LogP contribution in [0.15, 0.2) is 6.33 Å². The van der Waals surface area contributed by atoms with Crippen molar-refractivity contribution in [2.24, 2.45) is 7.05 Å². The van der Waals surface area contributed by atoms with E-state index in [1.807, 2.05) is 11.6 Å². The molecular formula is C15H26N4O4S. The van der Waals surface area contributed by atoms with Gasteiger partial charge in [-0.2, -0.15) is 4.31 Å². The highest BCUT2D eigenvalue weighted by atomic mass is 32.2. The summed E-state index contributed by atoms with van der Waals surface area (Å²) in [6, 6.07) is 0. The van der Waals surface area contributed by atoms with Crippen LogP contribution in [-0.4, -0.2) is 86.0 Å². The molecule has 136 valence electrons. The van der Waals surface area contributed by atoms with Crippen LogP contribution in [-0.2, 0) is 33.1 Å². The Morgan fingerprint density at radius 1 is 1.38 bits per heavy atom. The van der Waals surface area contributed by atoms with Crippen molar-refractivity contribution < 1.29 is 17.9 Å². The van der Waals surface area contributed by atoms with Gasteiger partial charge in [-0.05, 0) is 0 Å². The zero-order chi connectivity index (χ0) is 17.2. The van der Waals surface area contributed by atoms with Crippen LogP contribution in [0.4, 0.5) is 0 Å². The van der Waals surface area contributed by atoms with E-state index >= 15 is 0 Å². The summed E-state index contributed by atoms with van der Waals surface area (Å²) in [6.45, 7) is 6.27. The predicted octanol–water partition coefficient (Wildman–Crippen LogP) is -0.372. The maximum atomic E-state index is 11.9. The molecule has 1 aromatic rings. The van der Waals surface area contributed by atoms with Crippen LogP contribution in [0, 0.1) is 0 Å². The monoisotopic (exact) mass is 358 g/mol. The number of aromatic nitrogens is 2. The van der Waals surface area contributed by atoms with E-state index in [1.165, 1.54) is 10.6 Å². The molecule has 1 atom stereocenters. The number of aryl methyl sites for hydroxylation is 1. The van der Waals surface area contributed by atoms with Crippen molar-refractivity contribution in [1.29, 1.82) is 0 Å². The third-order valence-corrected chi connectivity index (χ3v) is 5.86. The van der Waals surface area contributed by atoms with Crippen molar-refractivity contribution in [1.82, 2.24) is 18.8 Å². The van der Waals surface area contributed by atoms with Crippen molar-refractivity contribution in [3.05, 3.63) is 17.7 Å². The second kappa shape index (κ2) is 7.49. The summed E-state index contributed by atoms with van der Waals surface area (Å²) in [6.07, 6.45) is 2.99. The van der Waals surface area contributed by atoms with Gasteiger partial charge in [-0.1, -0.05) is 0 Å². The molecule has 24 heavy (non-hydrogen) atoms. The maximum absolute atomic E-state index is 11.9. The summed E-state index contributed by atoms with van der Waals surface area (Å²) >= 11 is 0. The Kier molecular flexibility index (Phi) is 5.56. The van der Waals surface area contributed by atoms with Gasteiger partial charge in [0.25, 0.3) is 0 Å². The van der Waals surface area contributed by atoms with E-state index in [2.05, 4.69) is 9.88 Å². The number of hydrogen-bond donors (Lipinski definition) is 0. The molecule has 0 amide bonds. The van der Waals surface area contributed by atoms with E-state index in [9.17, 15) is 8.42 Å². The van der Waals surface area contributed by atoms with Crippen molar-refractivity contribution in [3.63, 3.8) is 0 Å². The van der Waals surface area contributed by atoms with Crippen LogP contribution in [0.1, 0.15) is 17.3 Å². The molecule has 0 saturated carbocycles. The van der Waals surface area contributed by atoms with E-state index in [0.29, 0.717) is 26.3 Å². The largest absolute Gasteiger partial charge is 0.379 e. The Hall–Kier alpha value is -1.00. The third kappa shape index (κ3) is 4.15. The molecule has 1 saturated heterocycles. The van der Waals surface area contributed by atoms with Crippen molar-refractivity contribution in [3.8, 4) is 0 Å². The minimum Gasteiger partial charge on any atom is -0.379 e. The van der Waals surface area contributed by atoms with Crippen molar-refractivity contribution in [2.45, 2.75) is 12.5 Å². The second-order valence-corrected chi connectivity index (χ2v) is 8.45. The Balaban J connectivity index is 1.58. The normalized spacial score (nSPS) is 23.3. The fourth-order valence-corrected chi connectivity index (χ4v) is 4.13. The number of hydrogen-bond acceptors (Lipinski definition) is 6. The molecule has 1 aromatic heterocycles. The number of rotatable bonds is 6. The topological polar surface area (TPSA) is 76.9 Å². The van der Waals surface area contributed by atoms with Gasteiger partial charge >= 0.3 is 0 Å². The molecule has 0 aromatic carbocycles. The van der Waals surface area contributed by atoms with Crippen LogP contribution in [0.25, 0.3) is 0 Å². The quantitative estimate of drug-likeness (QED) is 0.646. The maximum Gasteiger partial charge on any atom is 0.211 e. The molecule has 0 bridgehead atoms. The average Bonchev–Trinajstić information content (AvgIpc) is 2.93. The fraction of sp³-hybridized carbons (Fsp3) is 0.800. The summed E-state index contributed by atoms with van der Waals surface area (Å²) in [5.74, 6) is 0.0145. The highest BCUT2D eigenvalue weighted by Crippen LogP contribution is 2.28. The molecule has 2 aliphatic heterocycles. The summed E-state index contributed by atoms with van der Waals surface area (Å²) < 4.78 is 38.5. The molecule has 2 aliphatic rings. The van der Waals surface area contributed by atoms with Crippen LogP contribution >= 0.6 is 0 Å². The van der Waals surface area contributed by atoms with Gasteiger partial charge in [-0.15, -0.1) is 0 Å². The molecule has 0 unspecified atom stereocenters. The first-order valence-corrected chi connectivity index (χ1v) is 10.1. The summed E-state index contributed by atoms with van der Waals surface area (Å²) in [5.41, 5.74) is 1.91. The van der Waals surface area contributed by atoms with Gasteiger partial charge in [-0.25, -0.2) is 13.4 Å². The molecule has 0 spiro atoms. The van der Waals surface area contributed by atoms with E-state index in [4.69, 9.17) is 9.47 Å². The second-order valence-electron chi connectivity index (χ2n) is 6.47. The van der Waals surface area contributed by atoms with Crippen LogP contribution in [0.5, 0.6) is 0 Å². The minimum absolute atomic E-state index is 0.0145. The highest BCUT2D eigenvalue weighted by molar-refractivity contribution is 7.88. The number of morpholine rings is 1. The van der Waals surface area contributed by atoms with Gasteiger partial charge in [0.05, 0.1) is 51.2 Å². The number of nitrogens with zero attached hydrogens (tertiary/aromatic N) is 4. The molecular weight excluding hydrogens is 332 g/mol. The van der Waals surface area contributed by atoms with Gasteiger partial charge in [0.2, 0.25) is 10.0 Å². The van der Waals surface area contributed by atoms with Crippen molar-refractivity contribution >= 4 is 10.0 Å². The summed E-state index contributed by atoms with van der Waals surface area (Å²) in [7, 11) is -1.29. The summed E-state index contributed by atoms with van der Waals surface area (Å²) in [4.78, 5) is 6.67. The zero-order valence-electron chi connectivity index (χ0n) is 14.3. The molecule has 8 nitrogen and oxygen atoms in total. The SMILES string of the molecule is Cn1cnc2c1[C@H](COCCN1CCOCC1)CN(S(C)(=O)=O)C2. The molecule has 0 aliphatic carbocycles. The average molecular weight is 358 g/mol. The third-order valence-electron chi connectivity index (χ3n) is 4.64. The smallest absolute Gasteiger partial charge is 0.211 e. The van der Waals surface area contributed by atoms with Gasteiger partial charge < -0.3 is 14.0 Å². The van der Waals surface area contributed by atoms with Crippen molar-refractivity contribution in [2.75, 3.05) is 58.9 Å². The lowest BCUT2D eigenvalue weighted by atomic mass is 10.0. The lowest BCUT2D eigenvalue weighted by molar-refractivity contribution is 0.0176. The first-order chi connectivity index (χ1) is 11.4. The Morgan fingerprint density at radius 3 is 2.83 bits per heavy atom. The van der Waals surface area contributed by atoms with Crippen LogP contribution in [0.2, 0.25) is 0 Å². The van der Waals surface area contributed by atoms with E-state index in [-0.39, 0.29) is 5.92 Å². The standard InChI is InChI=1S/C15H26N4O4S/c1-17-12-16-14-10-19(24(2,20)21)9-13(15(14)17)11-23-8-5-18-3-6-22-7-4-18/h12-13H,3-11H2,1-2H3/t13-/m0/s1. The molecule has 0 radical (unpaired) electrons. The minimum atomic E-state index is -3.23. The molecule has 9 heteroatoms. The van der Waals surface area contributed by atoms with E-state index in [1.54, 1.807) is 6.33 Å². The van der Waals surface area contributed by atoms with Gasteiger partial charge in [0.15, 0.2) is 0 Å². The highest BCUT2D eigenvalue weighted by Gasteiger charge is 2.33. The lowest BCUT2D eigenvalue weighted by Crippen LogP contribution is -2.40. The Morgan fingerprint density at radius 2 is 2.12 bits per heavy atom. The first kappa shape index (κ1) is 17.8. The lowest BCUT2D eigenvalue weighted by Gasteiger charge is -2.31. The van der Waals surface area contributed by atoms with E-state index in [0.717, 1.165) is 44.2 Å². The Bertz CT molecular complexity index is 654. The van der Waals surface area contributed by atoms with Crippen LogP contribution < -0.4 is 0 Å². The van der Waals surface area contributed by atoms with Crippen LogP contribution in [0.3, 0.4) is 0 Å². The number of ether oxygens (including phenoxy) is 2. The molecule has 3 rings (SSSR count). The Labute approximate surface area is 143 Å². The fourth-order valence-electron chi connectivity index (χ4n) is 3.33. The van der Waals surface area contributed by atoms with Gasteiger partial charge in [-0.3, -0.25) is 4.90 Å². The first-order valence-electron chi connectivity index (χ1n) is 8.28. The summed E-state index contributed by atoms with van der Waals surface area (Å²) in [5, 5.41) is 0. The number of fused-ring (bicyclic) bond motifs is 1.